The third kappa shape index (κ3) is 3.63. The van der Waals surface area contributed by atoms with Gasteiger partial charge in [0.15, 0.2) is 5.79 Å². The van der Waals surface area contributed by atoms with Crippen LogP contribution in [0.3, 0.4) is 0 Å². The van der Waals surface area contributed by atoms with Crippen molar-refractivity contribution < 1.29 is 24.2 Å². The van der Waals surface area contributed by atoms with Crippen molar-refractivity contribution >= 4 is 0 Å². The van der Waals surface area contributed by atoms with Crippen LogP contribution in [0.25, 0.3) is 0 Å². The molecule has 132 valence electrons. The second kappa shape index (κ2) is 7.21. The van der Waals surface area contributed by atoms with Crippen molar-refractivity contribution in [3.8, 4) is 0 Å². The molecule has 1 aromatic rings. The minimum atomic E-state index is -0.757. The van der Waals surface area contributed by atoms with Gasteiger partial charge in [-0.15, -0.1) is 0 Å². The van der Waals surface area contributed by atoms with Gasteiger partial charge in [-0.1, -0.05) is 30.3 Å². The molecule has 1 saturated heterocycles. The molecule has 0 amide bonds. The topological polar surface area (TPSA) is 60.4 Å². The Bertz CT molecular complexity index is 574. The van der Waals surface area contributed by atoms with E-state index in [1.54, 1.807) is 7.11 Å². The van der Waals surface area contributed by atoms with Gasteiger partial charge in [0.2, 0.25) is 0 Å². The molecule has 3 atom stereocenters. The first kappa shape index (κ1) is 17.4. The third-order valence-electron chi connectivity index (χ3n) is 4.26. The molecule has 1 aromatic carbocycles. The van der Waals surface area contributed by atoms with E-state index in [-0.39, 0.29) is 18.8 Å². The normalized spacial score (nSPS) is 30.2. The first-order valence-corrected chi connectivity index (χ1v) is 8.18. The Morgan fingerprint density at radius 3 is 2.67 bits per heavy atom. The van der Waals surface area contributed by atoms with E-state index in [2.05, 4.69) is 0 Å². The predicted molar refractivity (Wildman–Crippen MR) is 87.7 cm³/mol. The molecule has 2 heterocycles. The molecule has 6 nitrogen and oxygen atoms in total. The summed E-state index contributed by atoms with van der Waals surface area (Å²) in [4.78, 5) is 5.86. The minimum Gasteiger partial charge on any atom is -0.499 e. The predicted octanol–water partition coefficient (Wildman–Crippen LogP) is 1.85. The van der Waals surface area contributed by atoms with Gasteiger partial charge in [-0.05, 0) is 25.5 Å². The maximum Gasteiger partial charge on any atom is 0.163 e. The molecule has 0 aliphatic carbocycles. The fraction of sp³-hybridized carbons (Fsp3) is 0.556. The summed E-state index contributed by atoms with van der Waals surface area (Å²) in [5.74, 6) is 0.00851. The van der Waals surface area contributed by atoms with Crippen LogP contribution < -0.4 is 0 Å². The van der Waals surface area contributed by atoms with Gasteiger partial charge in [0, 0.05) is 0 Å². The summed E-state index contributed by atoms with van der Waals surface area (Å²) in [6.07, 6.45) is 1.07. The third-order valence-corrected chi connectivity index (χ3v) is 4.26. The SMILES string of the molecule is COC1=CCON(Cc2ccccc2)[C@@H]1[C@H]1OC(C)(C)O[C@H]1CO. The number of hydrogen-bond acceptors (Lipinski definition) is 6. The highest BCUT2D eigenvalue weighted by Gasteiger charge is 2.49. The smallest absolute Gasteiger partial charge is 0.163 e. The molecule has 1 N–H and O–H groups in total. The van der Waals surface area contributed by atoms with Crippen molar-refractivity contribution in [2.75, 3.05) is 20.3 Å². The van der Waals surface area contributed by atoms with E-state index in [0.29, 0.717) is 13.2 Å². The summed E-state index contributed by atoms with van der Waals surface area (Å²) in [5.41, 5.74) is 1.12. The van der Waals surface area contributed by atoms with Crippen LogP contribution in [-0.4, -0.2) is 54.5 Å². The lowest BCUT2D eigenvalue weighted by atomic mass is 10.0. The lowest BCUT2D eigenvalue weighted by Crippen LogP contribution is -2.51. The molecule has 3 rings (SSSR count). The Morgan fingerprint density at radius 1 is 1.25 bits per heavy atom. The van der Waals surface area contributed by atoms with Crippen LogP contribution in [0.1, 0.15) is 19.4 Å². The summed E-state index contributed by atoms with van der Waals surface area (Å²) in [7, 11) is 1.64. The van der Waals surface area contributed by atoms with E-state index >= 15 is 0 Å². The first-order valence-electron chi connectivity index (χ1n) is 8.18. The molecule has 0 saturated carbocycles. The van der Waals surface area contributed by atoms with Crippen molar-refractivity contribution in [2.45, 2.75) is 44.4 Å². The van der Waals surface area contributed by atoms with E-state index < -0.39 is 11.9 Å². The number of aliphatic hydroxyl groups excluding tert-OH is 1. The number of ether oxygens (including phenoxy) is 3. The highest BCUT2D eigenvalue weighted by molar-refractivity contribution is 5.17. The van der Waals surface area contributed by atoms with Gasteiger partial charge in [0.25, 0.3) is 0 Å². The molecular formula is C18H25NO5. The van der Waals surface area contributed by atoms with Gasteiger partial charge in [-0.2, -0.15) is 5.06 Å². The number of hydrogen-bond donors (Lipinski definition) is 1. The van der Waals surface area contributed by atoms with E-state index in [4.69, 9.17) is 19.0 Å². The minimum absolute atomic E-state index is 0.124. The summed E-state index contributed by atoms with van der Waals surface area (Å²) in [6.45, 7) is 4.59. The molecule has 0 spiro atoms. The van der Waals surface area contributed by atoms with Crippen LogP contribution in [0.4, 0.5) is 0 Å². The Balaban J connectivity index is 1.86. The molecule has 0 bridgehead atoms. The van der Waals surface area contributed by atoms with Crippen molar-refractivity contribution in [3.63, 3.8) is 0 Å². The van der Waals surface area contributed by atoms with Gasteiger partial charge >= 0.3 is 0 Å². The fourth-order valence-corrected chi connectivity index (χ4v) is 3.27. The van der Waals surface area contributed by atoms with Crippen LogP contribution in [-0.2, 0) is 25.6 Å². The van der Waals surface area contributed by atoms with E-state index in [9.17, 15) is 5.11 Å². The van der Waals surface area contributed by atoms with Crippen LogP contribution in [0.15, 0.2) is 42.2 Å². The van der Waals surface area contributed by atoms with Gasteiger partial charge in [0.1, 0.15) is 24.0 Å². The van der Waals surface area contributed by atoms with Crippen LogP contribution in [0.5, 0.6) is 0 Å². The lowest BCUT2D eigenvalue weighted by molar-refractivity contribution is -0.224. The summed E-state index contributed by atoms with van der Waals surface area (Å²) in [5, 5.41) is 11.6. The molecule has 24 heavy (non-hydrogen) atoms. The highest BCUT2D eigenvalue weighted by Crippen LogP contribution is 2.35. The maximum absolute atomic E-state index is 9.71. The van der Waals surface area contributed by atoms with E-state index in [0.717, 1.165) is 11.3 Å². The Morgan fingerprint density at radius 2 is 2.00 bits per heavy atom. The molecule has 1 fully saturated rings. The Labute approximate surface area is 142 Å². The Hall–Kier alpha value is -1.44. The first-order chi connectivity index (χ1) is 11.5. The van der Waals surface area contributed by atoms with Gasteiger partial charge in [0.05, 0.1) is 26.9 Å². The van der Waals surface area contributed by atoms with Crippen molar-refractivity contribution in [2.24, 2.45) is 0 Å². The number of benzene rings is 1. The highest BCUT2D eigenvalue weighted by atomic mass is 16.8. The molecule has 2 aliphatic heterocycles. The second-order valence-electron chi connectivity index (χ2n) is 6.43. The summed E-state index contributed by atoms with van der Waals surface area (Å²) in [6, 6.07) is 9.78. The Kier molecular flexibility index (Phi) is 5.22. The molecule has 0 radical (unpaired) electrons. The van der Waals surface area contributed by atoms with Gasteiger partial charge in [-0.3, -0.25) is 4.84 Å². The quantitative estimate of drug-likeness (QED) is 0.886. The van der Waals surface area contributed by atoms with E-state index in [1.807, 2.05) is 55.3 Å². The molecule has 6 heteroatoms. The zero-order valence-corrected chi connectivity index (χ0v) is 14.3. The number of rotatable bonds is 5. The van der Waals surface area contributed by atoms with Crippen molar-refractivity contribution in [1.82, 2.24) is 5.06 Å². The standard InChI is InChI=1S/C18H25NO5/c1-18(2)23-15(12-20)17(24-18)16-14(21-3)9-10-22-19(16)11-13-7-5-4-6-8-13/h4-9,15-17,20H,10-12H2,1-3H3/t15-,16-,17-/m0/s1. The zero-order chi connectivity index (χ0) is 17.2. The van der Waals surface area contributed by atoms with Crippen molar-refractivity contribution in [1.29, 1.82) is 0 Å². The number of hydroxylamine groups is 2. The largest absolute Gasteiger partial charge is 0.499 e. The van der Waals surface area contributed by atoms with Crippen LogP contribution >= 0.6 is 0 Å². The van der Waals surface area contributed by atoms with Gasteiger partial charge in [-0.25, -0.2) is 0 Å². The number of nitrogens with zero attached hydrogens (tertiary/aromatic N) is 1. The average Bonchev–Trinajstić information content (AvgIpc) is 2.90. The summed E-state index contributed by atoms with van der Waals surface area (Å²) < 4.78 is 17.5. The number of methoxy groups -OCH3 is 1. The lowest BCUT2D eigenvalue weighted by Gasteiger charge is -2.38. The molecule has 2 aliphatic rings. The molecule has 0 unspecified atom stereocenters. The monoisotopic (exact) mass is 335 g/mol. The molecular weight excluding hydrogens is 310 g/mol. The fourth-order valence-electron chi connectivity index (χ4n) is 3.27. The van der Waals surface area contributed by atoms with Crippen molar-refractivity contribution in [3.05, 3.63) is 47.7 Å². The average molecular weight is 335 g/mol. The molecule has 0 aromatic heterocycles. The van der Waals surface area contributed by atoms with Crippen LogP contribution in [0, 0.1) is 0 Å². The maximum atomic E-state index is 9.71. The van der Waals surface area contributed by atoms with E-state index in [1.165, 1.54) is 0 Å². The zero-order valence-electron chi connectivity index (χ0n) is 14.3. The summed E-state index contributed by atoms with van der Waals surface area (Å²) >= 11 is 0. The van der Waals surface area contributed by atoms with Crippen LogP contribution in [0.2, 0.25) is 0 Å². The second-order valence-corrected chi connectivity index (χ2v) is 6.43. The number of aliphatic hydroxyl groups is 1. The van der Waals surface area contributed by atoms with Gasteiger partial charge < -0.3 is 19.3 Å².